The quantitative estimate of drug-likeness (QED) is 0.853. The van der Waals surface area contributed by atoms with Gasteiger partial charge in [-0.25, -0.2) is 0 Å². The largest absolute Gasteiger partial charge is 0.379 e. The first-order valence-electron chi connectivity index (χ1n) is 5.86. The standard InChI is InChI=1S/C13H17NOS/c14-13(5-6-15-9-13)8-11-7-10-3-1-2-4-12(10)16-11/h1-4,11H,5-9,14H2. The van der Waals surface area contributed by atoms with Gasteiger partial charge in [-0.1, -0.05) is 18.2 Å². The lowest BCUT2D eigenvalue weighted by molar-refractivity contribution is 0.175. The first-order chi connectivity index (χ1) is 7.75. The van der Waals surface area contributed by atoms with Crippen LogP contribution in [0.2, 0.25) is 0 Å². The highest BCUT2D eigenvalue weighted by Crippen LogP contribution is 2.40. The Kier molecular flexibility index (Phi) is 2.70. The second-order valence-electron chi connectivity index (χ2n) is 4.92. The molecule has 0 spiro atoms. The van der Waals surface area contributed by atoms with Crippen LogP contribution in [0.3, 0.4) is 0 Å². The van der Waals surface area contributed by atoms with Gasteiger partial charge in [0, 0.05) is 22.3 Å². The van der Waals surface area contributed by atoms with Gasteiger partial charge in [0.05, 0.1) is 6.61 Å². The molecule has 0 aliphatic carbocycles. The van der Waals surface area contributed by atoms with Gasteiger partial charge in [0.25, 0.3) is 0 Å². The summed E-state index contributed by atoms with van der Waals surface area (Å²) in [7, 11) is 0. The zero-order valence-electron chi connectivity index (χ0n) is 9.32. The lowest BCUT2D eigenvalue weighted by atomic mass is 9.92. The van der Waals surface area contributed by atoms with E-state index < -0.39 is 0 Å². The van der Waals surface area contributed by atoms with Crippen molar-refractivity contribution in [3.05, 3.63) is 29.8 Å². The van der Waals surface area contributed by atoms with Crippen molar-refractivity contribution in [2.24, 2.45) is 5.73 Å². The molecule has 2 nitrogen and oxygen atoms in total. The highest BCUT2D eigenvalue weighted by Gasteiger charge is 2.35. The third-order valence-electron chi connectivity index (χ3n) is 3.48. The molecule has 0 bridgehead atoms. The molecule has 2 aliphatic heterocycles. The molecule has 1 fully saturated rings. The minimum atomic E-state index is -0.0697. The maximum atomic E-state index is 6.34. The summed E-state index contributed by atoms with van der Waals surface area (Å²) in [6, 6.07) is 8.69. The Morgan fingerprint density at radius 3 is 3.06 bits per heavy atom. The Hall–Kier alpha value is -0.510. The summed E-state index contributed by atoms with van der Waals surface area (Å²) in [4.78, 5) is 1.44. The van der Waals surface area contributed by atoms with Crippen LogP contribution in [0.5, 0.6) is 0 Å². The van der Waals surface area contributed by atoms with Crippen LogP contribution in [-0.4, -0.2) is 24.0 Å². The highest BCUT2D eigenvalue weighted by atomic mass is 32.2. The van der Waals surface area contributed by atoms with Crippen LogP contribution in [0.1, 0.15) is 18.4 Å². The van der Waals surface area contributed by atoms with Crippen molar-refractivity contribution in [1.29, 1.82) is 0 Å². The van der Waals surface area contributed by atoms with Crippen molar-refractivity contribution in [1.82, 2.24) is 0 Å². The van der Waals surface area contributed by atoms with E-state index >= 15 is 0 Å². The predicted molar refractivity (Wildman–Crippen MR) is 66.8 cm³/mol. The monoisotopic (exact) mass is 235 g/mol. The lowest BCUT2D eigenvalue weighted by Gasteiger charge is -2.24. The average molecular weight is 235 g/mol. The van der Waals surface area contributed by atoms with E-state index in [0.29, 0.717) is 5.25 Å². The molecule has 0 radical (unpaired) electrons. The van der Waals surface area contributed by atoms with Crippen LogP contribution in [0, 0.1) is 0 Å². The number of nitrogens with two attached hydrogens (primary N) is 1. The number of benzene rings is 1. The van der Waals surface area contributed by atoms with Crippen LogP contribution in [0.15, 0.2) is 29.2 Å². The van der Waals surface area contributed by atoms with Gasteiger partial charge in [-0.3, -0.25) is 0 Å². The number of ether oxygens (including phenoxy) is 1. The molecular formula is C13H17NOS. The molecular weight excluding hydrogens is 218 g/mol. The first-order valence-corrected chi connectivity index (χ1v) is 6.74. The van der Waals surface area contributed by atoms with Gasteiger partial charge in [-0.15, -0.1) is 11.8 Å². The van der Waals surface area contributed by atoms with E-state index in [-0.39, 0.29) is 5.54 Å². The van der Waals surface area contributed by atoms with Crippen molar-refractivity contribution in [2.75, 3.05) is 13.2 Å². The minimum Gasteiger partial charge on any atom is -0.379 e. The molecule has 2 heterocycles. The van der Waals surface area contributed by atoms with Gasteiger partial charge in [0.1, 0.15) is 0 Å². The molecule has 3 rings (SSSR count). The number of hydrogen-bond acceptors (Lipinski definition) is 3. The Morgan fingerprint density at radius 1 is 1.44 bits per heavy atom. The van der Waals surface area contributed by atoms with Gasteiger partial charge >= 0.3 is 0 Å². The van der Waals surface area contributed by atoms with Crippen LogP contribution >= 0.6 is 11.8 Å². The highest BCUT2D eigenvalue weighted by molar-refractivity contribution is 8.00. The van der Waals surface area contributed by atoms with E-state index in [2.05, 4.69) is 24.3 Å². The van der Waals surface area contributed by atoms with Crippen LogP contribution < -0.4 is 5.73 Å². The van der Waals surface area contributed by atoms with Gasteiger partial charge in [-0.05, 0) is 30.9 Å². The fourth-order valence-electron chi connectivity index (χ4n) is 2.61. The molecule has 1 aromatic carbocycles. The topological polar surface area (TPSA) is 35.2 Å². The third-order valence-corrected chi connectivity index (χ3v) is 4.80. The summed E-state index contributed by atoms with van der Waals surface area (Å²) in [5, 5.41) is 0.643. The number of hydrogen-bond donors (Lipinski definition) is 1. The van der Waals surface area contributed by atoms with Crippen molar-refractivity contribution >= 4 is 11.8 Å². The van der Waals surface area contributed by atoms with Gasteiger partial charge < -0.3 is 10.5 Å². The van der Waals surface area contributed by atoms with E-state index in [1.54, 1.807) is 0 Å². The molecule has 2 aliphatic rings. The van der Waals surface area contributed by atoms with E-state index in [0.717, 1.165) is 26.1 Å². The zero-order valence-corrected chi connectivity index (χ0v) is 10.1. The summed E-state index contributed by atoms with van der Waals surface area (Å²) in [6.07, 6.45) is 3.26. The molecule has 1 saturated heterocycles. The van der Waals surface area contributed by atoms with Gasteiger partial charge in [0.2, 0.25) is 0 Å². The fraction of sp³-hybridized carbons (Fsp3) is 0.538. The number of rotatable bonds is 2. The molecule has 2 atom stereocenters. The molecule has 1 aromatic rings. The Morgan fingerprint density at radius 2 is 2.31 bits per heavy atom. The third kappa shape index (κ3) is 1.99. The fourth-order valence-corrected chi connectivity index (χ4v) is 4.10. The molecule has 2 unspecified atom stereocenters. The second-order valence-corrected chi connectivity index (χ2v) is 6.26. The molecule has 0 saturated carbocycles. The molecule has 2 N–H and O–H groups in total. The van der Waals surface area contributed by atoms with Crippen molar-refractivity contribution in [2.45, 2.75) is 34.9 Å². The summed E-state index contributed by atoms with van der Waals surface area (Å²) in [5.74, 6) is 0. The average Bonchev–Trinajstić information content (AvgIpc) is 2.84. The van der Waals surface area contributed by atoms with Gasteiger partial charge in [0.15, 0.2) is 0 Å². The van der Waals surface area contributed by atoms with Crippen molar-refractivity contribution in [3.63, 3.8) is 0 Å². The maximum Gasteiger partial charge on any atom is 0.0647 e. The van der Waals surface area contributed by atoms with Gasteiger partial charge in [-0.2, -0.15) is 0 Å². The van der Waals surface area contributed by atoms with Crippen molar-refractivity contribution in [3.8, 4) is 0 Å². The van der Waals surface area contributed by atoms with Crippen LogP contribution in [-0.2, 0) is 11.2 Å². The van der Waals surface area contributed by atoms with Crippen LogP contribution in [0.25, 0.3) is 0 Å². The molecule has 16 heavy (non-hydrogen) atoms. The first kappa shape index (κ1) is 10.6. The number of thioether (sulfide) groups is 1. The molecule has 86 valence electrons. The Labute approximate surface area is 101 Å². The smallest absolute Gasteiger partial charge is 0.0647 e. The van der Waals surface area contributed by atoms with E-state index in [1.165, 1.54) is 16.9 Å². The SMILES string of the molecule is NC1(CC2Cc3ccccc3S2)CCOC1. The summed E-state index contributed by atoms with van der Waals surface area (Å²) in [5.41, 5.74) is 7.75. The molecule has 0 aromatic heterocycles. The van der Waals surface area contributed by atoms with Crippen LogP contribution in [0.4, 0.5) is 0 Å². The minimum absolute atomic E-state index is 0.0697. The van der Waals surface area contributed by atoms with E-state index in [4.69, 9.17) is 10.5 Å². The normalized spacial score (nSPS) is 32.9. The Balaban J connectivity index is 1.68. The maximum absolute atomic E-state index is 6.34. The summed E-state index contributed by atoms with van der Waals surface area (Å²) < 4.78 is 5.41. The molecule has 3 heteroatoms. The second kappa shape index (κ2) is 4.06. The molecule has 0 amide bonds. The predicted octanol–water partition coefficient (Wildman–Crippen LogP) is 2.21. The summed E-state index contributed by atoms with van der Waals surface area (Å²) in [6.45, 7) is 1.57. The number of fused-ring (bicyclic) bond motifs is 1. The lowest BCUT2D eigenvalue weighted by Crippen LogP contribution is -2.42. The van der Waals surface area contributed by atoms with E-state index in [9.17, 15) is 0 Å². The Bertz CT molecular complexity index is 362. The zero-order chi connectivity index (χ0) is 11.0. The van der Waals surface area contributed by atoms with Crippen molar-refractivity contribution < 1.29 is 4.74 Å². The summed E-state index contributed by atoms with van der Waals surface area (Å²) >= 11 is 1.99. The van der Waals surface area contributed by atoms with E-state index in [1.807, 2.05) is 11.8 Å².